The number of carbonyl (C=O) groups excluding carboxylic acids is 3. The fourth-order valence-electron chi connectivity index (χ4n) is 3.88. The number of hydrogen-bond donors (Lipinski definition) is 1. The molecule has 1 heterocycles. The molecular weight excluding hydrogens is 418 g/mol. The molecule has 0 spiro atoms. The van der Waals surface area contributed by atoms with Gasteiger partial charge in [-0.25, -0.2) is 4.79 Å². The number of anilines is 1. The molecule has 6 nitrogen and oxygen atoms in total. The van der Waals surface area contributed by atoms with E-state index >= 15 is 0 Å². The van der Waals surface area contributed by atoms with Crippen LogP contribution in [0.15, 0.2) is 59.9 Å². The van der Waals surface area contributed by atoms with E-state index < -0.39 is 23.7 Å². The number of benzene rings is 2. The summed E-state index contributed by atoms with van der Waals surface area (Å²) in [4.78, 5) is 39.9. The zero-order chi connectivity index (χ0) is 24.3. The number of Topliss-reactive ketones (excluding diaryl/α,β-unsaturated/α-hetero) is 1. The Morgan fingerprint density at radius 1 is 1.03 bits per heavy atom. The fraction of sp³-hybridized carbons (Fsp3) is 0.370. The Morgan fingerprint density at radius 3 is 2.27 bits per heavy atom. The molecule has 0 saturated carbocycles. The van der Waals surface area contributed by atoms with E-state index in [9.17, 15) is 19.5 Å². The smallest absolute Gasteiger partial charge is 0.338 e. The SMILES string of the molecule is Cc1cccc(C2C(C(=O)CC(C)C)=C(O)C(=O)N2c2ccc(C(=O)OCC(C)C)cc2)c1. The average Bonchev–Trinajstić information content (AvgIpc) is 3.02. The first-order valence-corrected chi connectivity index (χ1v) is 11.2. The highest BCUT2D eigenvalue weighted by Gasteiger charge is 2.44. The van der Waals surface area contributed by atoms with Crippen LogP contribution in [0.25, 0.3) is 0 Å². The van der Waals surface area contributed by atoms with E-state index in [0.29, 0.717) is 17.9 Å². The molecule has 1 aliphatic heterocycles. The Kier molecular flexibility index (Phi) is 7.36. The van der Waals surface area contributed by atoms with Gasteiger partial charge in [0.2, 0.25) is 0 Å². The zero-order valence-electron chi connectivity index (χ0n) is 19.8. The second-order valence-electron chi connectivity index (χ2n) is 9.31. The van der Waals surface area contributed by atoms with Crippen LogP contribution < -0.4 is 4.90 Å². The summed E-state index contributed by atoms with van der Waals surface area (Å²) in [5.74, 6) is -1.54. The van der Waals surface area contributed by atoms with Crippen LogP contribution in [0.4, 0.5) is 5.69 Å². The Balaban J connectivity index is 2.00. The number of aliphatic hydroxyl groups is 1. The highest BCUT2D eigenvalue weighted by atomic mass is 16.5. The van der Waals surface area contributed by atoms with Crippen molar-refractivity contribution >= 4 is 23.3 Å². The highest BCUT2D eigenvalue weighted by molar-refractivity contribution is 6.16. The average molecular weight is 450 g/mol. The molecule has 6 heteroatoms. The topological polar surface area (TPSA) is 83.9 Å². The third-order valence-corrected chi connectivity index (χ3v) is 5.39. The summed E-state index contributed by atoms with van der Waals surface area (Å²) in [6.45, 7) is 10.0. The van der Waals surface area contributed by atoms with E-state index in [1.807, 2.05) is 58.9 Å². The molecule has 0 aliphatic carbocycles. The summed E-state index contributed by atoms with van der Waals surface area (Å²) < 4.78 is 5.27. The number of nitrogens with zero attached hydrogens (tertiary/aromatic N) is 1. The fourth-order valence-corrected chi connectivity index (χ4v) is 3.88. The van der Waals surface area contributed by atoms with Gasteiger partial charge in [0.1, 0.15) is 0 Å². The molecule has 1 atom stereocenters. The Labute approximate surface area is 194 Å². The summed E-state index contributed by atoms with van der Waals surface area (Å²) in [6.07, 6.45) is 0.226. The Morgan fingerprint density at radius 2 is 1.70 bits per heavy atom. The van der Waals surface area contributed by atoms with Crippen molar-refractivity contribution in [3.05, 3.63) is 76.6 Å². The third-order valence-electron chi connectivity index (χ3n) is 5.39. The van der Waals surface area contributed by atoms with Crippen molar-refractivity contribution in [2.45, 2.75) is 47.1 Å². The van der Waals surface area contributed by atoms with Gasteiger partial charge in [0, 0.05) is 12.1 Å². The number of rotatable bonds is 8. The molecule has 1 unspecified atom stereocenters. The Hall–Kier alpha value is -3.41. The summed E-state index contributed by atoms with van der Waals surface area (Å²) in [5, 5.41) is 10.7. The number of esters is 1. The van der Waals surface area contributed by atoms with Crippen LogP contribution in [0.5, 0.6) is 0 Å². The van der Waals surface area contributed by atoms with E-state index in [-0.39, 0.29) is 29.6 Å². The molecule has 2 aromatic rings. The summed E-state index contributed by atoms with van der Waals surface area (Å²) >= 11 is 0. The monoisotopic (exact) mass is 449 g/mol. The van der Waals surface area contributed by atoms with Crippen LogP contribution >= 0.6 is 0 Å². The zero-order valence-corrected chi connectivity index (χ0v) is 19.8. The van der Waals surface area contributed by atoms with E-state index in [2.05, 4.69) is 0 Å². The molecule has 0 aromatic heterocycles. The first-order chi connectivity index (χ1) is 15.6. The molecule has 1 N–H and O–H groups in total. The lowest BCUT2D eigenvalue weighted by Crippen LogP contribution is -2.31. The molecule has 174 valence electrons. The third kappa shape index (κ3) is 5.33. The van der Waals surface area contributed by atoms with Crippen LogP contribution in [-0.4, -0.2) is 29.4 Å². The summed E-state index contributed by atoms with van der Waals surface area (Å²) in [6, 6.07) is 13.2. The molecule has 33 heavy (non-hydrogen) atoms. The van der Waals surface area contributed by atoms with Crippen molar-refractivity contribution in [1.82, 2.24) is 0 Å². The molecule has 0 fully saturated rings. The number of ketones is 1. The van der Waals surface area contributed by atoms with E-state index in [1.54, 1.807) is 24.3 Å². The molecule has 1 aliphatic rings. The van der Waals surface area contributed by atoms with Crippen LogP contribution in [0.1, 0.15) is 61.6 Å². The molecule has 1 amide bonds. The normalized spacial score (nSPS) is 16.2. The maximum Gasteiger partial charge on any atom is 0.338 e. The lowest BCUT2D eigenvalue weighted by Gasteiger charge is -2.27. The maximum atomic E-state index is 13.1. The maximum absolute atomic E-state index is 13.1. The standard InChI is InChI=1S/C27H31NO5/c1-16(2)13-22(29)23-24(20-8-6-7-18(5)14-20)28(26(31)25(23)30)21-11-9-19(10-12-21)27(32)33-15-17(3)4/h6-12,14,16-17,24,30H,13,15H2,1-5H3. The number of hydrogen-bond acceptors (Lipinski definition) is 5. The highest BCUT2D eigenvalue weighted by Crippen LogP contribution is 2.41. The van der Waals surface area contributed by atoms with Gasteiger partial charge >= 0.3 is 5.97 Å². The van der Waals surface area contributed by atoms with E-state index in [4.69, 9.17) is 4.74 Å². The van der Waals surface area contributed by atoms with Crippen molar-refractivity contribution in [3.63, 3.8) is 0 Å². The second kappa shape index (κ2) is 10.0. The molecule has 0 bridgehead atoms. The Bertz CT molecular complexity index is 1080. The van der Waals surface area contributed by atoms with Gasteiger partial charge in [-0.2, -0.15) is 0 Å². The molecule has 3 rings (SSSR count). The lowest BCUT2D eigenvalue weighted by molar-refractivity contribution is -0.118. The van der Waals surface area contributed by atoms with Crippen molar-refractivity contribution in [2.24, 2.45) is 11.8 Å². The number of amides is 1. The van der Waals surface area contributed by atoms with Crippen molar-refractivity contribution in [2.75, 3.05) is 11.5 Å². The molecule has 0 saturated heterocycles. The lowest BCUT2D eigenvalue weighted by atomic mass is 9.91. The van der Waals surface area contributed by atoms with Gasteiger partial charge in [0.05, 0.1) is 23.8 Å². The quantitative estimate of drug-likeness (QED) is 0.551. The van der Waals surface area contributed by atoms with Crippen LogP contribution in [0, 0.1) is 18.8 Å². The van der Waals surface area contributed by atoms with E-state index in [1.165, 1.54) is 4.90 Å². The minimum absolute atomic E-state index is 0.0799. The predicted molar refractivity (Wildman–Crippen MR) is 127 cm³/mol. The predicted octanol–water partition coefficient (Wildman–Crippen LogP) is 5.32. The number of carbonyl (C=O) groups is 3. The molecule has 2 aromatic carbocycles. The first-order valence-electron chi connectivity index (χ1n) is 11.2. The number of ether oxygens (including phenoxy) is 1. The van der Waals surface area contributed by atoms with Gasteiger partial charge in [0.15, 0.2) is 11.5 Å². The number of aryl methyl sites for hydroxylation is 1. The van der Waals surface area contributed by atoms with Gasteiger partial charge in [-0.1, -0.05) is 57.5 Å². The van der Waals surface area contributed by atoms with E-state index in [0.717, 1.165) is 11.1 Å². The minimum Gasteiger partial charge on any atom is -0.503 e. The first kappa shape index (κ1) is 24.2. The van der Waals surface area contributed by atoms with Crippen LogP contribution in [0.2, 0.25) is 0 Å². The van der Waals surface area contributed by atoms with Gasteiger partial charge in [-0.05, 0) is 48.6 Å². The molecular formula is C27H31NO5. The minimum atomic E-state index is -0.748. The van der Waals surface area contributed by atoms with Crippen LogP contribution in [0.3, 0.4) is 0 Å². The van der Waals surface area contributed by atoms with Gasteiger partial charge in [-0.15, -0.1) is 0 Å². The van der Waals surface area contributed by atoms with Crippen molar-refractivity contribution in [1.29, 1.82) is 0 Å². The largest absolute Gasteiger partial charge is 0.503 e. The summed E-state index contributed by atoms with van der Waals surface area (Å²) in [5.41, 5.74) is 2.67. The van der Waals surface area contributed by atoms with Crippen molar-refractivity contribution in [3.8, 4) is 0 Å². The van der Waals surface area contributed by atoms with Crippen molar-refractivity contribution < 1.29 is 24.2 Å². The van der Waals surface area contributed by atoms with Crippen LogP contribution in [-0.2, 0) is 14.3 Å². The number of aliphatic hydroxyl groups excluding tert-OH is 1. The second-order valence-corrected chi connectivity index (χ2v) is 9.31. The summed E-state index contributed by atoms with van der Waals surface area (Å²) in [7, 11) is 0. The van der Waals surface area contributed by atoms with Gasteiger partial charge in [0.25, 0.3) is 5.91 Å². The molecule has 0 radical (unpaired) electrons. The van der Waals surface area contributed by atoms with Gasteiger partial charge < -0.3 is 9.84 Å². The van der Waals surface area contributed by atoms with Gasteiger partial charge in [-0.3, -0.25) is 14.5 Å².